The van der Waals surface area contributed by atoms with E-state index in [-0.39, 0.29) is 10.7 Å². The van der Waals surface area contributed by atoms with Gasteiger partial charge >= 0.3 is 5.97 Å². The molecule has 3 rings (SSSR count). The van der Waals surface area contributed by atoms with Gasteiger partial charge in [0.05, 0.1) is 28.8 Å². The maximum Gasteiger partial charge on any atom is 0.357 e. The second-order valence-corrected chi connectivity index (χ2v) is 6.36. The molecule has 0 spiro atoms. The predicted octanol–water partition coefficient (Wildman–Crippen LogP) is 2.61. The Morgan fingerprint density at radius 1 is 1.33 bits per heavy atom. The van der Waals surface area contributed by atoms with Crippen LogP contribution in [0.2, 0.25) is 0 Å². The number of rotatable bonds is 5. The number of benzene rings is 1. The van der Waals surface area contributed by atoms with Gasteiger partial charge in [0.25, 0.3) is 11.3 Å². The van der Waals surface area contributed by atoms with E-state index in [1.165, 1.54) is 11.7 Å². The predicted molar refractivity (Wildman–Crippen MR) is 90.3 cm³/mol. The van der Waals surface area contributed by atoms with Crippen LogP contribution >= 0.6 is 11.3 Å². The van der Waals surface area contributed by atoms with Crippen molar-refractivity contribution in [1.29, 1.82) is 0 Å². The van der Waals surface area contributed by atoms with Crippen molar-refractivity contribution in [2.75, 3.05) is 4.31 Å². The van der Waals surface area contributed by atoms with Crippen molar-refractivity contribution in [3.05, 3.63) is 53.4 Å². The molecule has 0 aliphatic carbocycles. The van der Waals surface area contributed by atoms with Crippen molar-refractivity contribution < 1.29 is 18.7 Å². The monoisotopic (exact) mass is 364 g/mol. The summed E-state index contributed by atoms with van der Waals surface area (Å²) in [5, 5.41) is 13.5. The van der Waals surface area contributed by atoms with E-state index < -0.39 is 17.2 Å². The third-order valence-electron chi connectivity index (χ3n) is 3.30. The van der Waals surface area contributed by atoms with E-state index in [2.05, 4.69) is 10.1 Å². The van der Waals surface area contributed by atoms with Crippen LogP contribution in [0.15, 0.2) is 42.0 Å². The van der Waals surface area contributed by atoms with E-state index in [0.717, 1.165) is 21.3 Å². The molecule has 1 unspecified atom stereocenters. The number of carboxylic acid groups (broad SMARTS) is 1. The number of hydrogen-bond acceptors (Lipinski definition) is 5. The molecule has 10 heteroatoms. The van der Waals surface area contributed by atoms with Crippen LogP contribution in [-0.4, -0.2) is 34.6 Å². The molecule has 0 bridgehead atoms. The second kappa shape index (κ2) is 6.51. The van der Waals surface area contributed by atoms with Crippen molar-refractivity contribution in [1.82, 2.24) is 14.8 Å². The zero-order chi connectivity index (χ0) is 17.3. The molecule has 2 aromatic heterocycles. The Bertz CT molecular complexity index is 907. The fourth-order valence-electron chi connectivity index (χ4n) is 2.23. The standard InChI is InChI=1S/C14H12N4O4S2/c1-9-11(7-16-17(9)10-5-3-2-4-6-10)18(24(21)22)13-12(14(19)20)15-8-23-13/h2-8H,1H3,(H,19,20)(H,21,22). The maximum absolute atomic E-state index is 11.9. The summed E-state index contributed by atoms with van der Waals surface area (Å²) in [6, 6.07) is 9.27. The van der Waals surface area contributed by atoms with Gasteiger partial charge in [0.15, 0.2) is 5.69 Å². The van der Waals surface area contributed by atoms with Gasteiger partial charge in [-0.3, -0.25) is 4.55 Å². The highest BCUT2D eigenvalue weighted by molar-refractivity contribution is 7.81. The Morgan fingerprint density at radius 3 is 2.67 bits per heavy atom. The quantitative estimate of drug-likeness (QED) is 0.674. The number of carboxylic acids is 1. The summed E-state index contributed by atoms with van der Waals surface area (Å²) < 4.78 is 24.2. The molecule has 0 saturated carbocycles. The minimum absolute atomic E-state index is 0.0686. The van der Waals surface area contributed by atoms with E-state index >= 15 is 0 Å². The molecule has 0 aliphatic rings. The van der Waals surface area contributed by atoms with Crippen molar-refractivity contribution >= 4 is 39.3 Å². The lowest BCUT2D eigenvalue weighted by Gasteiger charge is -2.17. The average Bonchev–Trinajstić information content (AvgIpc) is 3.17. The van der Waals surface area contributed by atoms with Gasteiger partial charge in [-0.1, -0.05) is 18.2 Å². The molecule has 2 N–H and O–H groups in total. The van der Waals surface area contributed by atoms with Crippen molar-refractivity contribution in [3.8, 4) is 5.69 Å². The number of para-hydroxylation sites is 1. The Balaban J connectivity index is 2.12. The molecule has 0 aliphatic heterocycles. The molecule has 2 heterocycles. The van der Waals surface area contributed by atoms with E-state index in [1.807, 2.05) is 30.3 Å². The summed E-state index contributed by atoms with van der Waals surface area (Å²) >= 11 is -1.51. The lowest BCUT2D eigenvalue weighted by atomic mass is 10.3. The van der Waals surface area contributed by atoms with Crippen LogP contribution in [0, 0.1) is 6.92 Å². The molecule has 3 aromatic rings. The highest BCUT2D eigenvalue weighted by Crippen LogP contribution is 2.35. The summed E-state index contributed by atoms with van der Waals surface area (Å²) in [4.78, 5) is 15.0. The first-order valence-corrected chi connectivity index (χ1v) is 8.63. The average molecular weight is 364 g/mol. The Labute approximate surface area is 143 Å². The van der Waals surface area contributed by atoms with E-state index in [1.54, 1.807) is 11.6 Å². The van der Waals surface area contributed by atoms with Crippen molar-refractivity contribution in [3.63, 3.8) is 0 Å². The topological polar surface area (TPSA) is 109 Å². The van der Waals surface area contributed by atoms with Crippen molar-refractivity contribution in [2.24, 2.45) is 0 Å². The second-order valence-electron chi connectivity index (χ2n) is 4.70. The first-order valence-electron chi connectivity index (χ1n) is 6.68. The first kappa shape index (κ1) is 16.3. The van der Waals surface area contributed by atoms with Crippen LogP contribution in [0.25, 0.3) is 5.69 Å². The molecule has 0 radical (unpaired) electrons. The lowest BCUT2D eigenvalue weighted by Crippen LogP contribution is -2.21. The van der Waals surface area contributed by atoms with Crippen LogP contribution < -0.4 is 4.31 Å². The molecule has 0 fully saturated rings. The Kier molecular flexibility index (Phi) is 4.42. The molecular formula is C14H12N4O4S2. The van der Waals surface area contributed by atoms with Crippen LogP contribution in [-0.2, 0) is 11.3 Å². The Hall–Kier alpha value is -2.56. The third-order valence-corrected chi connectivity index (χ3v) is 4.91. The number of thiazole rings is 1. The molecular weight excluding hydrogens is 352 g/mol. The fraction of sp³-hybridized carbons (Fsp3) is 0.0714. The zero-order valence-electron chi connectivity index (χ0n) is 12.4. The Morgan fingerprint density at radius 2 is 2.04 bits per heavy atom. The number of aromatic nitrogens is 3. The lowest BCUT2D eigenvalue weighted by molar-refractivity contribution is 0.0692. The van der Waals surface area contributed by atoms with Gasteiger partial charge in [-0.2, -0.15) is 5.10 Å². The zero-order valence-corrected chi connectivity index (χ0v) is 14.0. The van der Waals surface area contributed by atoms with Gasteiger partial charge in [-0.05, 0) is 19.1 Å². The van der Waals surface area contributed by atoms with E-state index in [0.29, 0.717) is 11.4 Å². The van der Waals surface area contributed by atoms with Crippen LogP contribution in [0.1, 0.15) is 16.2 Å². The molecule has 124 valence electrons. The van der Waals surface area contributed by atoms with Gasteiger partial charge < -0.3 is 5.11 Å². The third kappa shape index (κ3) is 2.82. The van der Waals surface area contributed by atoms with E-state index in [4.69, 9.17) is 0 Å². The molecule has 0 saturated heterocycles. The van der Waals surface area contributed by atoms with Gasteiger partial charge in [-0.25, -0.2) is 23.0 Å². The normalized spacial score (nSPS) is 12.1. The first-order chi connectivity index (χ1) is 11.5. The number of aromatic carboxylic acids is 1. The largest absolute Gasteiger partial charge is 0.476 e. The van der Waals surface area contributed by atoms with Crippen molar-refractivity contribution in [2.45, 2.75) is 6.92 Å². The fourth-order valence-corrected chi connectivity index (χ4v) is 3.82. The number of hydrogen-bond donors (Lipinski definition) is 2. The number of nitrogens with zero attached hydrogens (tertiary/aromatic N) is 4. The highest BCUT2D eigenvalue weighted by atomic mass is 32.2. The SMILES string of the molecule is Cc1c(N(c2scnc2C(=O)O)S(=O)O)cnn1-c1ccccc1. The summed E-state index contributed by atoms with van der Waals surface area (Å²) in [5.41, 5.74) is 2.73. The smallest absolute Gasteiger partial charge is 0.357 e. The molecule has 24 heavy (non-hydrogen) atoms. The minimum Gasteiger partial charge on any atom is -0.476 e. The molecule has 1 atom stereocenters. The van der Waals surface area contributed by atoms with Crippen LogP contribution in [0.4, 0.5) is 10.7 Å². The highest BCUT2D eigenvalue weighted by Gasteiger charge is 2.27. The summed E-state index contributed by atoms with van der Waals surface area (Å²) in [6.07, 6.45) is 1.42. The number of anilines is 2. The van der Waals surface area contributed by atoms with Gasteiger partial charge in [0.2, 0.25) is 0 Å². The summed E-state index contributed by atoms with van der Waals surface area (Å²) in [6.45, 7) is 1.73. The number of carbonyl (C=O) groups is 1. The van der Waals surface area contributed by atoms with Gasteiger partial charge in [0, 0.05) is 0 Å². The molecule has 8 nitrogen and oxygen atoms in total. The summed E-state index contributed by atoms with van der Waals surface area (Å²) in [5.74, 6) is -1.27. The molecule has 1 aromatic carbocycles. The van der Waals surface area contributed by atoms with Gasteiger partial charge in [0.1, 0.15) is 5.00 Å². The van der Waals surface area contributed by atoms with Crippen LogP contribution in [0.5, 0.6) is 0 Å². The maximum atomic E-state index is 11.9. The molecule has 0 amide bonds. The van der Waals surface area contributed by atoms with Gasteiger partial charge in [-0.15, -0.1) is 11.3 Å². The summed E-state index contributed by atoms with van der Waals surface area (Å²) in [7, 11) is 0. The minimum atomic E-state index is -2.48. The van der Waals surface area contributed by atoms with E-state index in [9.17, 15) is 18.7 Å². The van der Waals surface area contributed by atoms with Crippen LogP contribution in [0.3, 0.4) is 0 Å².